The molecular weight excluding hydrogens is 248 g/mol. The Hall–Kier alpha value is -0.460. The van der Waals surface area contributed by atoms with Crippen LogP contribution in [0.4, 0.5) is 0 Å². The third-order valence-corrected chi connectivity index (χ3v) is 3.18. The number of aliphatic hydroxyl groups is 3. The monoisotopic (exact) mass is 274 g/mol. The zero-order valence-electron chi connectivity index (χ0n) is 11.6. The van der Waals surface area contributed by atoms with Crippen molar-refractivity contribution in [1.82, 2.24) is 0 Å². The third-order valence-electron chi connectivity index (χ3n) is 3.18. The van der Waals surface area contributed by atoms with Crippen molar-refractivity contribution in [2.45, 2.75) is 57.0 Å². The number of hydrogen-bond donors (Lipinski definition) is 3. The lowest BCUT2D eigenvalue weighted by molar-refractivity contribution is -0.0935. The molecule has 1 aliphatic rings. The molecule has 0 unspecified atom stereocenters. The van der Waals surface area contributed by atoms with E-state index in [1.807, 2.05) is 0 Å². The summed E-state index contributed by atoms with van der Waals surface area (Å²) in [6.45, 7) is 2.40. The highest BCUT2D eigenvalue weighted by atomic mass is 16.6. The molecule has 0 saturated carbocycles. The van der Waals surface area contributed by atoms with Crippen LogP contribution in [0.5, 0.6) is 0 Å². The fourth-order valence-electron chi connectivity index (χ4n) is 2.08. The smallest absolute Gasteiger partial charge is 0.114 e. The molecule has 0 aromatic rings. The molecule has 0 radical (unpaired) electrons. The number of ether oxygens (including phenoxy) is 2. The van der Waals surface area contributed by atoms with Gasteiger partial charge in [0.2, 0.25) is 0 Å². The van der Waals surface area contributed by atoms with E-state index in [1.165, 1.54) is 0 Å². The molecule has 0 aliphatic carbocycles. The molecule has 112 valence electrons. The molecule has 1 heterocycles. The number of aliphatic hydroxyl groups excluding tert-OH is 3. The number of rotatable bonds is 9. The normalized spacial score (nSPS) is 29.2. The second-order valence-electron chi connectivity index (χ2n) is 4.85. The van der Waals surface area contributed by atoms with Crippen molar-refractivity contribution in [3.05, 3.63) is 12.2 Å². The quantitative estimate of drug-likeness (QED) is 0.424. The molecule has 0 aromatic heterocycles. The molecule has 3 N–H and O–H groups in total. The summed E-state index contributed by atoms with van der Waals surface area (Å²) in [6.07, 6.45) is 5.41. The Morgan fingerprint density at radius 3 is 2.79 bits per heavy atom. The molecule has 1 aliphatic heterocycles. The van der Waals surface area contributed by atoms with Crippen LogP contribution in [0.15, 0.2) is 12.2 Å². The van der Waals surface area contributed by atoms with Crippen LogP contribution in [-0.2, 0) is 9.47 Å². The molecule has 1 saturated heterocycles. The summed E-state index contributed by atoms with van der Waals surface area (Å²) in [5, 5.41) is 28.2. The molecular formula is C14H26O5. The lowest BCUT2D eigenvalue weighted by atomic mass is 10.1. The van der Waals surface area contributed by atoms with Crippen molar-refractivity contribution in [2.24, 2.45) is 0 Å². The Bertz CT molecular complexity index is 256. The van der Waals surface area contributed by atoms with Crippen molar-refractivity contribution in [2.75, 3.05) is 19.8 Å². The van der Waals surface area contributed by atoms with Gasteiger partial charge >= 0.3 is 0 Å². The summed E-state index contributed by atoms with van der Waals surface area (Å²) >= 11 is 0. The topological polar surface area (TPSA) is 79.2 Å². The van der Waals surface area contributed by atoms with Crippen molar-refractivity contribution >= 4 is 0 Å². The van der Waals surface area contributed by atoms with Gasteiger partial charge in [-0.05, 0) is 19.3 Å². The molecule has 1 fully saturated rings. The Kier molecular flexibility index (Phi) is 8.25. The fraction of sp³-hybridized carbons (Fsp3) is 0.857. The Labute approximate surface area is 114 Å². The van der Waals surface area contributed by atoms with Gasteiger partial charge in [-0.25, -0.2) is 0 Å². The van der Waals surface area contributed by atoms with Crippen molar-refractivity contribution in [1.29, 1.82) is 0 Å². The van der Waals surface area contributed by atoms with E-state index in [-0.39, 0.29) is 6.61 Å². The first-order valence-corrected chi connectivity index (χ1v) is 7.05. The van der Waals surface area contributed by atoms with Crippen molar-refractivity contribution in [3.8, 4) is 0 Å². The van der Waals surface area contributed by atoms with Gasteiger partial charge < -0.3 is 24.8 Å². The van der Waals surface area contributed by atoms with E-state index in [4.69, 9.17) is 14.6 Å². The molecule has 5 nitrogen and oxygen atoms in total. The van der Waals surface area contributed by atoms with Gasteiger partial charge in [-0.2, -0.15) is 0 Å². The summed E-state index contributed by atoms with van der Waals surface area (Å²) in [4.78, 5) is 0. The van der Waals surface area contributed by atoms with Crippen LogP contribution in [0.2, 0.25) is 0 Å². The van der Waals surface area contributed by atoms with Crippen LogP contribution in [0.3, 0.4) is 0 Å². The summed E-state index contributed by atoms with van der Waals surface area (Å²) in [6, 6.07) is 0. The number of allylic oxidation sites excluding steroid dienone is 2. The summed E-state index contributed by atoms with van der Waals surface area (Å²) in [7, 11) is 0. The summed E-state index contributed by atoms with van der Waals surface area (Å²) < 4.78 is 10.8. The minimum Gasteiger partial charge on any atom is -0.394 e. The van der Waals surface area contributed by atoms with Gasteiger partial charge in [0.1, 0.15) is 24.4 Å². The molecule has 4 atom stereocenters. The summed E-state index contributed by atoms with van der Waals surface area (Å²) in [5.74, 6) is 0. The predicted octanol–water partition coefficient (Wildman–Crippen LogP) is 0.621. The van der Waals surface area contributed by atoms with Gasteiger partial charge in [0.05, 0.1) is 13.2 Å². The average Bonchev–Trinajstić information content (AvgIpc) is 2.78. The highest BCUT2D eigenvalue weighted by molar-refractivity contribution is 4.89. The predicted molar refractivity (Wildman–Crippen MR) is 71.9 cm³/mol. The fourth-order valence-corrected chi connectivity index (χ4v) is 2.08. The van der Waals surface area contributed by atoms with Crippen LogP contribution >= 0.6 is 0 Å². The van der Waals surface area contributed by atoms with Gasteiger partial charge in [-0.15, -0.1) is 0 Å². The maximum absolute atomic E-state index is 9.72. The van der Waals surface area contributed by atoms with Crippen molar-refractivity contribution in [3.63, 3.8) is 0 Å². The molecule has 5 heteroatoms. The number of unbranched alkanes of at least 4 members (excludes halogenated alkanes) is 2. The molecule has 0 aromatic carbocycles. The van der Waals surface area contributed by atoms with Crippen LogP contribution in [-0.4, -0.2) is 59.6 Å². The van der Waals surface area contributed by atoms with Crippen LogP contribution in [0.1, 0.15) is 32.6 Å². The van der Waals surface area contributed by atoms with Gasteiger partial charge in [0, 0.05) is 6.61 Å². The van der Waals surface area contributed by atoms with E-state index in [9.17, 15) is 10.2 Å². The third kappa shape index (κ3) is 5.58. The van der Waals surface area contributed by atoms with E-state index < -0.39 is 31.0 Å². The highest BCUT2D eigenvalue weighted by Crippen LogP contribution is 2.21. The first-order valence-electron chi connectivity index (χ1n) is 7.05. The van der Waals surface area contributed by atoms with E-state index in [0.29, 0.717) is 6.61 Å². The zero-order chi connectivity index (χ0) is 14.1. The SMILES string of the molecule is CCC/C=C/CCCO[C@H]1[C@@H]([C@H](O)CO)OC[C@@H]1O. The second kappa shape index (κ2) is 9.44. The van der Waals surface area contributed by atoms with Crippen LogP contribution in [0, 0.1) is 0 Å². The van der Waals surface area contributed by atoms with Gasteiger partial charge in [0.25, 0.3) is 0 Å². The van der Waals surface area contributed by atoms with E-state index >= 15 is 0 Å². The minimum absolute atomic E-state index is 0.142. The lowest BCUT2D eigenvalue weighted by Crippen LogP contribution is -2.42. The molecule has 0 amide bonds. The first-order chi connectivity index (χ1) is 9.20. The highest BCUT2D eigenvalue weighted by Gasteiger charge is 2.40. The Balaban J connectivity index is 2.22. The summed E-state index contributed by atoms with van der Waals surface area (Å²) in [5.41, 5.74) is 0. The largest absolute Gasteiger partial charge is 0.394 e. The van der Waals surface area contributed by atoms with E-state index in [1.54, 1.807) is 0 Å². The first kappa shape index (κ1) is 16.6. The van der Waals surface area contributed by atoms with E-state index in [0.717, 1.165) is 25.7 Å². The Morgan fingerprint density at radius 2 is 2.11 bits per heavy atom. The maximum Gasteiger partial charge on any atom is 0.114 e. The minimum atomic E-state index is -1.01. The standard InChI is InChI=1S/C14H26O5/c1-2-3-4-5-6-7-8-18-14-12(17)10-19-13(14)11(16)9-15/h4-5,11-17H,2-3,6-10H2,1H3/b5-4+/t11-,12+,13-,14-/m1/s1. The van der Waals surface area contributed by atoms with Crippen molar-refractivity contribution < 1.29 is 24.8 Å². The van der Waals surface area contributed by atoms with E-state index in [2.05, 4.69) is 19.1 Å². The number of hydrogen-bond acceptors (Lipinski definition) is 5. The zero-order valence-corrected chi connectivity index (χ0v) is 11.6. The maximum atomic E-state index is 9.72. The molecule has 19 heavy (non-hydrogen) atoms. The molecule has 0 bridgehead atoms. The van der Waals surface area contributed by atoms with Gasteiger partial charge in [0.15, 0.2) is 0 Å². The molecule has 1 rings (SSSR count). The van der Waals surface area contributed by atoms with Crippen LogP contribution < -0.4 is 0 Å². The van der Waals surface area contributed by atoms with Gasteiger partial charge in [-0.1, -0.05) is 25.5 Å². The molecule has 0 spiro atoms. The van der Waals surface area contributed by atoms with Crippen LogP contribution in [0.25, 0.3) is 0 Å². The van der Waals surface area contributed by atoms with Gasteiger partial charge in [-0.3, -0.25) is 0 Å². The average molecular weight is 274 g/mol. The Morgan fingerprint density at radius 1 is 1.37 bits per heavy atom. The second-order valence-corrected chi connectivity index (χ2v) is 4.85. The lowest BCUT2D eigenvalue weighted by Gasteiger charge is -2.23.